The van der Waals surface area contributed by atoms with E-state index in [1.165, 1.54) is 10.7 Å². The smallest absolute Gasteiger partial charge is 0.267 e. The van der Waals surface area contributed by atoms with Gasteiger partial charge in [-0.2, -0.15) is 5.10 Å². The van der Waals surface area contributed by atoms with Crippen LogP contribution in [0.25, 0.3) is 11.5 Å². The van der Waals surface area contributed by atoms with Gasteiger partial charge in [-0.15, -0.1) is 0 Å². The Morgan fingerprint density at radius 3 is 2.03 bits per heavy atom. The molecule has 0 radical (unpaired) electrons. The lowest BCUT2D eigenvalue weighted by Crippen LogP contribution is -2.36. The molecule has 0 saturated carbocycles. The summed E-state index contributed by atoms with van der Waals surface area (Å²) in [6.07, 6.45) is 1.54. The van der Waals surface area contributed by atoms with E-state index < -0.39 is 0 Å². The third kappa shape index (κ3) is 4.72. The molecule has 4 rings (SSSR count). The van der Waals surface area contributed by atoms with Gasteiger partial charge in [0.25, 0.3) is 5.56 Å². The second-order valence-corrected chi connectivity index (χ2v) is 6.91. The van der Waals surface area contributed by atoms with Crippen LogP contribution in [-0.4, -0.2) is 20.6 Å². The normalized spacial score (nSPS) is 10.7. The van der Waals surface area contributed by atoms with Gasteiger partial charge in [0.1, 0.15) is 12.2 Å². The summed E-state index contributed by atoms with van der Waals surface area (Å²) in [5, 5.41) is 4.31. The molecule has 0 aliphatic heterocycles. The lowest BCUT2D eigenvalue weighted by atomic mass is 10.1. The summed E-state index contributed by atoms with van der Waals surface area (Å²) in [6.45, 7) is 0.745. The van der Waals surface area contributed by atoms with E-state index in [0.717, 1.165) is 11.1 Å². The van der Waals surface area contributed by atoms with Crippen LogP contribution in [0.2, 0.25) is 0 Å². The Hall–Kier alpha value is -3.93. The van der Waals surface area contributed by atoms with Gasteiger partial charge in [-0.1, -0.05) is 60.7 Å². The molecule has 6 nitrogen and oxygen atoms in total. The highest BCUT2D eigenvalue weighted by molar-refractivity contribution is 5.76. The van der Waals surface area contributed by atoms with Gasteiger partial charge in [-0.05, 0) is 29.3 Å². The van der Waals surface area contributed by atoms with Crippen molar-refractivity contribution in [1.29, 1.82) is 0 Å². The summed E-state index contributed by atoms with van der Waals surface area (Å²) in [5.74, 6) is 0.357. The Morgan fingerprint density at radius 1 is 0.833 bits per heavy atom. The molecule has 0 aliphatic carbocycles. The first-order valence-corrected chi connectivity index (χ1v) is 9.67. The Bertz CT molecular complexity index is 1110. The molecule has 0 saturated heterocycles. The van der Waals surface area contributed by atoms with Crippen LogP contribution in [0.15, 0.2) is 100 Å². The number of carbonyl (C=O) groups is 1. The number of aromatic nitrogens is 2. The van der Waals surface area contributed by atoms with Gasteiger partial charge in [0.15, 0.2) is 5.76 Å². The number of nitrogens with zero attached hydrogens (tertiary/aromatic N) is 3. The SMILES string of the molecule is O=C(Cn1nc(-c2ccco2)ccc1=O)N(Cc1ccccc1)Cc1ccccc1. The van der Waals surface area contributed by atoms with E-state index in [9.17, 15) is 9.59 Å². The molecule has 0 fully saturated rings. The van der Waals surface area contributed by atoms with Crippen LogP contribution in [0.1, 0.15) is 11.1 Å². The van der Waals surface area contributed by atoms with Crippen molar-refractivity contribution in [1.82, 2.24) is 14.7 Å². The van der Waals surface area contributed by atoms with Gasteiger partial charge in [-0.3, -0.25) is 9.59 Å². The fourth-order valence-corrected chi connectivity index (χ4v) is 3.19. The number of amides is 1. The average molecular weight is 399 g/mol. The van der Waals surface area contributed by atoms with E-state index in [4.69, 9.17) is 4.42 Å². The number of furan rings is 1. The zero-order valence-corrected chi connectivity index (χ0v) is 16.3. The van der Waals surface area contributed by atoms with Crippen LogP contribution in [0.4, 0.5) is 0 Å². The van der Waals surface area contributed by atoms with Crippen molar-refractivity contribution >= 4 is 5.91 Å². The fourth-order valence-electron chi connectivity index (χ4n) is 3.19. The number of benzene rings is 2. The monoisotopic (exact) mass is 399 g/mol. The third-order valence-corrected chi connectivity index (χ3v) is 4.71. The molecule has 2 heterocycles. The molecule has 2 aromatic carbocycles. The lowest BCUT2D eigenvalue weighted by Gasteiger charge is -2.23. The van der Waals surface area contributed by atoms with Gasteiger partial charge < -0.3 is 9.32 Å². The first-order chi connectivity index (χ1) is 14.7. The number of rotatable bonds is 7. The minimum atomic E-state index is -0.335. The first kappa shape index (κ1) is 19.4. The van der Waals surface area contributed by atoms with E-state index >= 15 is 0 Å². The van der Waals surface area contributed by atoms with Crippen LogP contribution in [0, 0.1) is 0 Å². The zero-order chi connectivity index (χ0) is 20.8. The van der Waals surface area contributed by atoms with Crippen LogP contribution in [0.3, 0.4) is 0 Å². The van der Waals surface area contributed by atoms with Crippen LogP contribution in [-0.2, 0) is 24.4 Å². The maximum atomic E-state index is 13.2. The standard InChI is InChI=1S/C24H21N3O3/c28-23-14-13-21(22-12-7-15-30-22)25-27(23)18-24(29)26(16-19-8-3-1-4-9-19)17-20-10-5-2-6-11-20/h1-15H,16-18H2. The van der Waals surface area contributed by atoms with E-state index in [0.29, 0.717) is 24.5 Å². The third-order valence-electron chi connectivity index (χ3n) is 4.71. The molecule has 6 heteroatoms. The Balaban J connectivity index is 1.58. The quantitative estimate of drug-likeness (QED) is 0.475. The largest absolute Gasteiger partial charge is 0.463 e. The maximum Gasteiger partial charge on any atom is 0.267 e. The molecule has 0 atom stereocenters. The molecule has 30 heavy (non-hydrogen) atoms. The zero-order valence-electron chi connectivity index (χ0n) is 16.3. The summed E-state index contributed by atoms with van der Waals surface area (Å²) >= 11 is 0. The molecule has 0 aliphatic rings. The molecule has 2 aromatic heterocycles. The number of carbonyl (C=O) groups excluding carboxylic acids is 1. The first-order valence-electron chi connectivity index (χ1n) is 9.67. The summed E-state index contributed by atoms with van der Waals surface area (Å²) in [4.78, 5) is 27.2. The molecule has 0 spiro atoms. The van der Waals surface area contributed by atoms with Gasteiger partial charge >= 0.3 is 0 Å². The Morgan fingerprint density at radius 2 is 1.47 bits per heavy atom. The van der Waals surface area contributed by atoms with Crippen molar-refractivity contribution in [2.75, 3.05) is 0 Å². The van der Waals surface area contributed by atoms with Gasteiger partial charge in [-0.25, -0.2) is 4.68 Å². The molecule has 1 amide bonds. The number of hydrogen-bond donors (Lipinski definition) is 0. The van der Waals surface area contributed by atoms with Crippen LogP contribution < -0.4 is 5.56 Å². The molecular weight excluding hydrogens is 378 g/mol. The topological polar surface area (TPSA) is 68.3 Å². The predicted octanol–water partition coefficient (Wildman–Crippen LogP) is 3.73. The van der Waals surface area contributed by atoms with Gasteiger partial charge in [0.2, 0.25) is 5.91 Å². The summed E-state index contributed by atoms with van der Waals surface area (Å²) in [6, 6.07) is 26.1. The lowest BCUT2D eigenvalue weighted by molar-refractivity contribution is -0.133. The molecule has 4 aromatic rings. The van der Waals surface area contributed by atoms with Crippen molar-refractivity contribution < 1.29 is 9.21 Å². The van der Waals surface area contributed by atoms with Crippen molar-refractivity contribution in [2.45, 2.75) is 19.6 Å². The second-order valence-electron chi connectivity index (χ2n) is 6.91. The molecule has 150 valence electrons. The summed E-state index contributed by atoms with van der Waals surface area (Å²) in [7, 11) is 0. The second kappa shape index (κ2) is 9.05. The van der Waals surface area contributed by atoms with E-state index in [-0.39, 0.29) is 18.0 Å². The van der Waals surface area contributed by atoms with E-state index in [1.54, 1.807) is 29.4 Å². The van der Waals surface area contributed by atoms with Crippen LogP contribution >= 0.6 is 0 Å². The van der Waals surface area contributed by atoms with Crippen LogP contribution in [0.5, 0.6) is 0 Å². The maximum absolute atomic E-state index is 13.2. The highest BCUT2D eigenvalue weighted by Gasteiger charge is 2.17. The fraction of sp³-hybridized carbons (Fsp3) is 0.125. The summed E-state index contributed by atoms with van der Waals surface area (Å²) in [5.41, 5.74) is 2.21. The van der Waals surface area contributed by atoms with Gasteiger partial charge in [0, 0.05) is 19.2 Å². The Kier molecular flexibility index (Phi) is 5.85. The molecule has 0 bridgehead atoms. The van der Waals surface area contributed by atoms with E-state index in [1.807, 2.05) is 60.7 Å². The van der Waals surface area contributed by atoms with Crippen molar-refractivity contribution in [3.63, 3.8) is 0 Å². The van der Waals surface area contributed by atoms with Crippen molar-refractivity contribution in [2.24, 2.45) is 0 Å². The van der Waals surface area contributed by atoms with Gasteiger partial charge in [0.05, 0.1) is 6.26 Å². The highest BCUT2D eigenvalue weighted by atomic mass is 16.3. The molecule has 0 unspecified atom stereocenters. The summed E-state index contributed by atoms with van der Waals surface area (Å²) < 4.78 is 6.54. The average Bonchev–Trinajstić information content (AvgIpc) is 3.31. The minimum absolute atomic E-state index is 0.146. The van der Waals surface area contributed by atoms with E-state index in [2.05, 4.69) is 5.10 Å². The minimum Gasteiger partial charge on any atom is -0.463 e. The highest BCUT2D eigenvalue weighted by Crippen LogP contribution is 2.15. The Labute approximate surface area is 174 Å². The predicted molar refractivity (Wildman–Crippen MR) is 113 cm³/mol. The number of hydrogen-bond acceptors (Lipinski definition) is 4. The molecular formula is C24H21N3O3. The van der Waals surface area contributed by atoms with Crippen molar-refractivity contribution in [3.05, 3.63) is 113 Å². The molecule has 0 N–H and O–H groups in total. The van der Waals surface area contributed by atoms with Crippen molar-refractivity contribution in [3.8, 4) is 11.5 Å².